The Labute approximate surface area is 94.0 Å². The van der Waals surface area contributed by atoms with E-state index in [1.54, 1.807) is 36.9 Å². The molecular formula is C11H15NO2S. The van der Waals surface area contributed by atoms with E-state index in [0.717, 1.165) is 10.6 Å². The Morgan fingerprint density at radius 1 is 1.47 bits per heavy atom. The molecule has 4 heteroatoms. The number of nitrogen functional groups attached to an aromatic ring is 1. The molecular weight excluding hydrogens is 210 g/mol. The van der Waals surface area contributed by atoms with Gasteiger partial charge in [-0.3, -0.25) is 0 Å². The number of rotatable bonds is 4. The quantitative estimate of drug-likeness (QED) is 0.486. The Morgan fingerprint density at radius 2 is 2.20 bits per heavy atom. The molecule has 0 saturated heterocycles. The van der Waals surface area contributed by atoms with Gasteiger partial charge in [0.1, 0.15) is 0 Å². The first kappa shape index (κ1) is 11.9. The summed E-state index contributed by atoms with van der Waals surface area (Å²) in [6.45, 7) is 4.19. The third-order valence-corrected chi connectivity index (χ3v) is 2.86. The second-order valence-corrected chi connectivity index (χ2v) is 4.15. The van der Waals surface area contributed by atoms with Gasteiger partial charge in [-0.25, -0.2) is 4.79 Å². The van der Waals surface area contributed by atoms with Crippen LogP contribution in [0.5, 0.6) is 0 Å². The molecule has 0 radical (unpaired) electrons. The second-order valence-electron chi connectivity index (χ2n) is 2.88. The van der Waals surface area contributed by atoms with Gasteiger partial charge in [0.15, 0.2) is 0 Å². The van der Waals surface area contributed by atoms with Crippen LogP contribution in [0.15, 0.2) is 23.1 Å². The van der Waals surface area contributed by atoms with Crippen molar-refractivity contribution in [1.82, 2.24) is 0 Å². The maximum Gasteiger partial charge on any atom is 0.339 e. The molecule has 0 fully saturated rings. The van der Waals surface area contributed by atoms with E-state index < -0.39 is 0 Å². The summed E-state index contributed by atoms with van der Waals surface area (Å²) in [5.74, 6) is 0.571. The van der Waals surface area contributed by atoms with Crippen LogP contribution in [0.1, 0.15) is 24.2 Å². The molecule has 0 aromatic heterocycles. The molecule has 0 spiro atoms. The lowest BCUT2D eigenvalue weighted by molar-refractivity contribution is 0.0522. The van der Waals surface area contributed by atoms with E-state index in [0.29, 0.717) is 17.9 Å². The molecule has 0 bridgehead atoms. The van der Waals surface area contributed by atoms with E-state index >= 15 is 0 Å². The molecule has 0 heterocycles. The molecule has 1 aromatic rings. The van der Waals surface area contributed by atoms with Crippen molar-refractivity contribution < 1.29 is 9.53 Å². The van der Waals surface area contributed by atoms with E-state index in [-0.39, 0.29) is 5.97 Å². The highest BCUT2D eigenvalue weighted by Gasteiger charge is 2.14. The van der Waals surface area contributed by atoms with Crippen LogP contribution >= 0.6 is 11.8 Å². The molecule has 0 amide bonds. The third kappa shape index (κ3) is 2.89. The van der Waals surface area contributed by atoms with E-state index in [4.69, 9.17) is 10.5 Å². The van der Waals surface area contributed by atoms with Gasteiger partial charge in [-0.05, 0) is 24.8 Å². The smallest absolute Gasteiger partial charge is 0.339 e. The SMILES string of the molecule is CCOC(=O)c1cccc(N)c1SCC. The molecule has 0 unspecified atom stereocenters. The van der Waals surface area contributed by atoms with Crippen molar-refractivity contribution in [3.63, 3.8) is 0 Å². The van der Waals surface area contributed by atoms with E-state index in [1.165, 1.54) is 0 Å². The minimum atomic E-state index is -0.305. The highest BCUT2D eigenvalue weighted by molar-refractivity contribution is 7.99. The minimum absolute atomic E-state index is 0.305. The van der Waals surface area contributed by atoms with Gasteiger partial charge < -0.3 is 10.5 Å². The molecule has 0 atom stereocenters. The molecule has 0 saturated carbocycles. The second kappa shape index (κ2) is 5.66. The predicted molar refractivity (Wildman–Crippen MR) is 63.2 cm³/mol. The lowest BCUT2D eigenvalue weighted by atomic mass is 10.2. The zero-order chi connectivity index (χ0) is 11.3. The summed E-state index contributed by atoms with van der Waals surface area (Å²) in [5.41, 5.74) is 7.00. The molecule has 0 aliphatic heterocycles. The van der Waals surface area contributed by atoms with Gasteiger partial charge in [0.25, 0.3) is 0 Å². The fourth-order valence-corrected chi connectivity index (χ4v) is 2.06. The van der Waals surface area contributed by atoms with Crippen molar-refractivity contribution in [2.45, 2.75) is 18.7 Å². The van der Waals surface area contributed by atoms with Crippen molar-refractivity contribution >= 4 is 23.4 Å². The minimum Gasteiger partial charge on any atom is -0.462 e. The van der Waals surface area contributed by atoms with Gasteiger partial charge in [-0.1, -0.05) is 13.0 Å². The summed E-state index contributed by atoms with van der Waals surface area (Å²) in [4.78, 5) is 12.4. The van der Waals surface area contributed by atoms with Crippen LogP contribution in [0.25, 0.3) is 0 Å². The maximum absolute atomic E-state index is 11.6. The van der Waals surface area contributed by atoms with E-state index in [2.05, 4.69) is 0 Å². The first-order valence-corrected chi connectivity index (χ1v) is 5.87. The Bertz CT molecular complexity index is 352. The van der Waals surface area contributed by atoms with Gasteiger partial charge in [-0.2, -0.15) is 0 Å². The lowest BCUT2D eigenvalue weighted by Gasteiger charge is -2.09. The number of esters is 1. The van der Waals surface area contributed by atoms with Gasteiger partial charge >= 0.3 is 5.97 Å². The summed E-state index contributed by atoms with van der Waals surface area (Å²) < 4.78 is 4.96. The normalized spacial score (nSPS) is 10.0. The maximum atomic E-state index is 11.6. The first-order valence-electron chi connectivity index (χ1n) is 4.89. The number of hydrogen-bond acceptors (Lipinski definition) is 4. The van der Waals surface area contributed by atoms with E-state index in [9.17, 15) is 4.79 Å². The fourth-order valence-electron chi connectivity index (χ4n) is 1.23. The van der Waals surface area contributed by atoms with Crippen LogP contribution in [-0.4, -0.2) is 18.3 Å². The standard InChI is InChI=1S/C11H15NO2S/c1-3-14-11(13)8-6-5-7-9(12)10(8)15-4-2/h5-7H,3-4,12H2,1-2H3. The van der Waals surface area contributed by atoms with E-state index in [1.807, 2.05) is 6.92 Å². The van der Waals surface area contributed by atoms with Crippen LogP contribution in [0.2, 0.25) is 0 Å². The predicted octanol–water partition coefficient (Wildman–Crippen LogP) is 2.56. The molecule has 1 aromatic carbocycles. The van der Waals surface area contributed by atoms with Crippen LogP contribution in [0.4, 0.5) is 5.69 Å². The fraction of sp³-hybridized carbons (Fsp3) is 0.364. The van der Waals surface area contributed by atoms with Crippen molar-refractivity contribution in [1.29, 1.82) is 0 Å². The highest BCUT2D eigenvalue weighted by Crippen LogP contribution is 2.29. The Balaban J connectivity index is 3.04. The van der Waals surface area contributed by atoms with Crippen LogP contribution in [-0.2, 0) is 4.74 Å². The number of carbonyl (C=O) groups excluding carboxylic acids is 1. The van der Waals surface area contributed by atoms with Crippen LogP contribution < -0.4 is 5.73 Å². The zero-order valence-corrected chi connectivity index (χ0v) is 9.76. The summed E-state index contributed by atoms with van der Waals surface area (Å²) in [7, 11) is 0. The number of carbonyl (C=O) groups is 1. The molecule has 0 aliphatic rings. The molecule has 0 aliphatic carbocycles. The number of hydrogen-bond donors (Lipinski definition) is 1. The molecule has 2 N–H and O–H groups in total. The van der Waals surface area contributed by atoms with Crippen molar-refractivity contribution in [2.75, 3.05) is 18.1 Å². The molecule has 15 heavy (non-hydrogen) atoms. The molecule has 82 valence electrons. The summed E-state index contributed by atoms with van der Waals surface area (Å²) in [5, 5.41) is 0. The number of thioether (sulfide) groups is 1. The number of ether oxygens (including phenoxy) is 1. The van der Waals surface area contributed by atoms with Crippen molar-refractivity contribution in [3.05, 3.63) is 23.8 Å². The monoisotopic (exact) mass is 225 g/mol. The first-order chi connectivity index (χ1) is 7.20. The average molecular weight is 225 g/mol. The van der Waals surface area contributed by atoms with Gasteiger partial charge in [0.2, 0.25) is 0 Å². The van der Waals surface area contributed by atoms with Gasteiger partial charge in [0, 0.05) is 10.6 Å². The Morgan fingerprint density at radius 3 is 2.80 bits per heavy atom. The van der Waals surface area contributed by atoms with Crippen molar-refractivity contribution in [3.8, 4) is 0 Å². The lowest BCUT2D eigenvalue weighted by Crippen LogP contribution is -2.07. The third-order valence-electron chi connectivity index (χ3n) is 1.83. The Hall–Kier alpha value is -1.16. The number of anilines is 1. The summed E-state index contributed by atoms with van der Waals surface area (Å²) in [6, 6.07) is 5.30. The number of nitrogens with two attached hydrogens (primary N) is 1. The number of benzene rings is 1. The van der Waals surface area contributed by atoms with Crippen LogP contribution in [0, 0.1) is 0 Å². The highest BCUT2D eigenvalue weighted by atomic mass is 32.2. The molecule has 1 rings (SSSR count). The summed E-state index contributed by atoms with van der Waals surface area (Å²) in [6.07, 6.45) is 0. The largest absolute Gasteiger partial charge is 0.462 e. The molecule has 3 nitrogen and oxygen atoms in total. The topological polar surface area (TPSA) is 52.3 Å². The van der Waals surface area contributed by atoms with Crippen LogP contribution in [0.3, 0.4) is 0 Å². The van der Waals surface area contributed by atoms with Crippen molar-refractivity contribution in [2.24, 2.45) is 0 Å². The van der Waals surface area contributed by atoms with Gasteiger partial charge in [0.05, 0.1) is 12.2 Å². The average Bonchev–Trinajstić information content (AvgIpc) is 2.21. The zero-order valence-electron chi connectivity index (χ0n) is 8.95. The Kier molecular flexibility index (Phi) is 4.49. The summed E-state index contributed by atoms with van der Waals surface area (Å²) >= 11 is 1.56. The van der Waals surface area contributed by atoms with Gasteiger partial charge in [-0.15, -0.1) is 11.8 Å².